The smallest absolute Gasteiger partial charge is 0.348 e. The molecule has 0 aliphatic rings. The first-order valence-corrected chi connectivity index (χ1v) is 6.98. The van der Waals surface area contributed by atoms with E-state index in [0.717, 1.165) is 11.3 Å². The number of carboxylic acids is 1. The highest BCUT2D eigenvalue weighted by molar-refractivity contribution is 5.70. The van der Waals surface area contributed by atoms with Crippen molar-refractivity contribution >= 4 is 5.97 Å². The van der Waals surface area contributed by atoms with Gasteiger partial charge in [-0.1, -0.05) is 20.8 Å². The minimum atomic E-state index is -0.835. The molecule has 0 aromatic carbocycles. The quantitative estimate of drug-likeness (QED) is 0.898. The molecule has 0 aliphatic carbocycles. The molecule has 1 heterocycles. The van der Waals surface area contributed by atoms with Crippen LogP contribution in [0.2, 0.25) is 0 Å². The van der Waals surface area contributed by atoms with Gasteiger partial charge in [0.05, 0.1) is 5.92 Å². The molecule has 2 atom stereocenters. The average molecular weight is 280 g/mol. The van der Waals surface area contributed by atoms with Crippen LogP contribution in [0.5, 0.6) is 0 Å². The van der Waals surface area contributed by atoms with Crippen molar-refractivity contribution < 1.29 is 9.90 Å². The second-order valence-corrected chi connectivity index (χ2v) is 5.84. The minimum absolute atomic E-state index is 0.0366. The van der Waals surface area contributed by atoms with Gasteiger partial charge in [0.15, 0.2) is 0 Å². The van der Waals surface area contributed by atoms with Crippen molar-refractivity contribution in [1.82, 2.24) is 9.55 Å². The van der Waals surface area contributed by atoms with Crippen molar-refractivity contribution in [3.05, 3.63) is 27.4 Å². The lowest BCUT2D eigenvalue weighted by atomic mass is 9.97. The van der Waals surface area contributed by atoms with Crippen LogP contribution in [0.25, 0.3) is 0 Å². The summed E-state index contributed by atoms with van der Waals surface area (Å²) >= 11 is 0. The maximum absolute atomic E-state index is 12.1. The number of rotatable bonds is 5. The zero-order chi connectivity index (χ0) is 15.6. The van der Waals surface area contributed by atoms with E-state index in [1.54, 1.807) is 18.4 Å². The molecule has 0 bridgehead atoms. The minimum Gasteiger partial charge on any atom is -0.481 e. The van der Waals surface area contributed by atoms with Crippen molar-refractivity contribution in [3.63, 3.8) is 0 Å². The summed E-state index contributed by atoms with van der Waals surface area (Å²) in [6, 6.07) is 0.0366. The van der Waals surface area contributed by atoms with E-state index in [4.69, 9.17) is 5.11 Å². The van der Waals surface area contributed by atoms with Gasteiger partial charge in [0.25, 0.3) is 0 Å². The van der Waals surface area contributed by atoms with Crippen LogP contribution >= 0.6 is 0 Å². The Labute approximate surface area is 119 Å². The van der Waals surface area contributed by atoms with Gasteiger partial charge in [-0.15, -0.1) is 0 Å². The standard InChI is InChI=1S/C15H24N2O3/c1-8(2)11(5)17-12(6)13(7-9(3)14(18)19)10(4)16-15(17)20/h8-9,11H,7H2,1-6H3,(H,18,19). The van der Waals surface area contributed by atoms with Gasteiger partial charge in [-0.2, -0.15) is 4.98 Å². The highest BCUT2D eigenvalue weighted by Gasteiger charge is 2.21. The Hall–Kier alpha value is -1.65. The van der Waals surface area contributed by atoms with E-state index < -0.39 is 11.9 Å². The van der Waals surface area contributed by atoms with Crippen LogP contribution in [0.15, 0.2) is 4.79 Å². The Morgan fingerprint density at radius 1 is 1.25 bits per heavy atom. The summed E-state index contributed by atoms with van der Waals surface area (Å²) in [7, 11) is 0. The summed E-state index contributed by atoms with van der Waals surface area (Å²) in [5.41, 5.74) is 2.07. The number of aliphatic carboxylic acids is 1. The Bertz CT molecular complexity index is 561. The molecule has 0 amide bonds. The zero-order valence-corrected chi connectivity index (χ0v) is 13.1. The lowest BCUT2D eigenvalue weighted by Crippen LogP contribution is -2.32. The molecule has 1 rings (SSSR count). The third-order valence-electron chi connectivity index (χ3n) is 4.01. The molecule has 1 N–H and O–H groups in total. The molecule has 0 aliphatic heterocycles. The summed E-state index contributed by atoms with van der Waals surface area (Å²) in [5, 5.41) is 9.06. The fourth-order valence-corrected chi connectivity index (χ4v) is 2.28. The Morgan fingerprint density at radius 3 is 2.25 bits per heavy atom. The highest BCUT2D eigenvalue weighted by Crippen LogP contribution is 2.21. The van der Waals surface area contributed by atoms with Crippen LogP contribution in [0.3, 0.4) is 0 Å². The van der Waals surface area contributed by atoms with Crippen molar-refractivity contribution in [2.45, 2.75) is 54.0 Å². The average Bonchev–Trinajstić information content (AvgIpc) is 2.33. The second kappa shape index (κ2) is 6.20. The third kappa shape index (κ3) is 3.26. The van der Waals surface area contributed by atoms with E-state index in [1.807, 2.05) is 13.8 Å². The molecule has 1 aromatic heterocycles. The molecule has 0 radical (unpaired) electrons. The van der Waals surface area contributed by atoms with Gasteiger partial charge in [-0.25, -0.2) is 4.79 Å². The third-order valence-corrected chi connectivity index (χ3v) is 4.01. The summed E-state index contributed by atoms with van der Waals surface area (Å²) in [4.78, 5) is 27.2. The van der Waals surface area contributed by atoms with E-state index in [-0.39, 0.29) is 11.7 Å². The molecule has 0 spiro atoms. The van der Waals surface area contributed by atoms with Gasteiger partial charge in [-0.05, 0) is 38.7 Å². The van der Waals surface area contributed by atoms with Crippen LogP contribution < -0.4 is 5.69 Å². The van der Waals surface area contributed by atoms with Crippen LogP contribution in [0.1, 0.15) is 50.7 Å². The van der Waals surface area contributed by atoms with Crippen molar-refractivity contribution in [2.75, 3.05) is 0 Å². The SMILES string of the molecule is Cc1nc(=O)n(C(C)C(C)C)c(C)c1CC(C)C(=O)O. The Kier molecular flexibility index (Phi) is 5.09. The first-order valence-electron chi connectivity index (χ1n) is 6.98. The van der Waals surface area contributed by atoms with Crippen molar-refractivity contribution in [2.24, 2.45) is 11.8 Å². The normalized spacial score (nSPS) is 14.3. The van der Waals surface area contributed by atoms with E-state index in [2.05, 4.69) is 18.8 Å². The molecule has 20 heavy (non-hydrogen) atoms. The monoisotopic (exact) mass is 280 g/mol. The highest BCUT2D eigenvalue weighted by atomic mass is 16.4. The number of nitrogens with zero attached hydrogens (tertiary/aromatic N) is 2. The second-order valence-electron chi connectivity index (χ2n) is 5.84. The maximum atomic E-state index is 12.1. The number of hydrogen-bond donors (Lipinski definition) is 1. The van der Waals surface area contributed by atoms with E-state index in [1.165, 1.54) is 0 Å². The molecular formula is C15H24N2O3. The van der Waals surface area contributed by atoms with E-state index >= 15 is 0 Å². The summed E-state index contributed by atoms with van der Waals surface area (Å²) < 4.78 is 1.68. The Balaban J connectivity index is 3.36. The van der Waals surface area contributed by atoms with E-state index in [9.17, 15) is 9.59 Å². The zero-order valence-electron chi connectivity index (χ0n) is 13.1. The predicted molar refractivity (Wildman–Crippen MR) is 78.0 cm³/mol. The molecule has 2 unspecified atom stereocenters. The largest absolute Gasteiger partial charge is 0.481 e. The Morgan fingerprint density at radius 2 is 1.80 bits per heavy atom. The van der Waals surface area contributed by atoms with Crippen LogP contribution in [0, 0.1) is 25.7 Å². The molecule has 5 heteroatoms. The topological polar surface area (TPSA) is 72.2 Å². The first kappa shape index (κ1) is 16.4. The molecule has 0 saturated carbocycles. The van der Waals surface area contributed by atoms with Crippen LogP contribution in [0.4, 0.5) is 0 Å². The van der Waals surface area contributed by atoms with Crippen molar-refractivity contribution in [1.29, 1.82) is 0 Å². The van der Waals surface area contributed by atoms with E-state index in [0.29, 0.717) is 18.0 Å². The van der Waals surface area contributed by atoms with Gasteiger partial charge in [-0.3, -0.25) is 9.36 Å². The van der Waals surface area contributed by atoms with Crippen LogP contribution in [-0.4, -0.2) is 20.6 Å². The molecular weight excluding hydrogens is 256 g/mol. The lowest BCUT2D eigenvalue weighted by Gasteiger charge is -2.24. The van der Waals surface area contributed by atoms with Gasteiger partial charge in [0, 0.05) is 17.4 Å². The van der Waals surface area contributed by atoms with Gasteiger partial charge in [0.2, 0.25) is 0 Å². The van der Waals surface area contributed by atoms with Crippen LogP contribution in [-0.2, 0) is 11.2 Å². The number of carboxylic acid groups (broad SMARTS) is 1. The first-order chi connectivity index (χ1) is 9.16. The van der Waals surface area contributed by atoms with Gasteiger partial charge in [0.1, 0.15) is 0 Å². The molecule has 5 nitrogen and oxygen atoms in total. The molecule has 1 aromatic rings. The van der Waals surface area contributed by atoms with Crippen molar-refractivity contribution in [3.8, 4) is 0 Å². The number of carbonyl (C=O) groups is 1. The number of aromatic nitrogens is 2. The fraction of sp³-hybridized carbons (Fsp3) is 0.667. The molecule has 0 fully saturated rings. The predicted octanol–water partition coefficient (Wildman–Crippen LogP) is 2.34. The number of aryl methyl sites for hydroxylation is 1. The lowest BCUT2D eigenvalue weighted by molar-refractivity contribution is -0.141. The van der Waals surface area contributed by atoms with Gasteiger partial charge < -0.3 is 5.11 Å². The molecule has 0 saturated heterocycles. The summed E-state index contributed by atoms with van der Waals surface area (Å²) in [6.45, 7) is 11.4. The molecule has 112 valence electrons. The summed E-state index contributed by atoms with van der Waals surface area (Å²) in [5.74, 6) is -1.02. The fourth-order valence-electron chi connectivity index (χ4n) is 2.28. The maximum Gasteiger partial charge on any atom is 0.348 e. The van der Waals surface area contributed by atoms with Gasteiger partial charge >= 0.3 is 11.7 Å². The number of hydrogen-bond acceptors (Lipinski definition) is 3. The summed E-state index contributed by atoms with van der Waals surface area (Å²) in [6.07, 6.45) is 0.394.